The van der Waals surface area contributed by atoms with E-state index < -0.39 is 11.6 Å². The molecule has 0 heterocycles. The van der Waals surface area contributed by atoms with Crippen LogP contribution in [0.15, 0.2) is 84.9 Å². The summed E-state index contributed by atoms with van der Waals surface area (Å²) in [5, 5.41) is 12.7. The van der Waals surface area contributed by atoms with Crippen LogP contribution in [0.2, 0.25) is 0 Å². The molecule has 0 saturated heterocycles. The number of carboxylic acid groups (broad SMARTS) is 1. The van der Waals surface area contributed by atoms with E-state index in [4.69, 9.17) is 4.74 Å². The number of carboxylic acids is 1. The summed E-state index contributed by atoms with van der Waals surface area (Å²) in [7, 11) is 0. The normalized spacial score (nSPS) is 13.3. The van der Waals surface area contributed by atoms with E-state index in [9.17, 15) is 9.90 Å². The largest absolute Gasteiger partial charge is 0.478 e. The summed E-state index contributed by atoms with van der Waals surface area (Å²) in [6.45, 7) is 6.18. The second-order valence-electron chi connectivity index (χ2n) is 7.73. The summed E-state index contributed by atoms with van der Waals surface area (Å²) in [6.07, 6.45) is 2.54. The van der Waals surface area contributed by atoms with Crippen LogP contribution < -0.4 is 10.1 Å². The number of benzene rings is 3. The standard InChI is InChI=1S/C27H29NO3/c1-4-27(3,26(29)30)31-25-16-14-24(15-17-25)28-19-18-20(2)21-10-12-23(13-11-21)22-8-6-5-7-9-22/h5-18,28H,4,19H2,1-3H3,(H,29,30)/b20-18-. The van der Waals surface area contributed by atoms with E-state index in [1.807, 2.05) is 30.3 Å². The van der Waals surface area contributed by atoms with Crippen molar-refractivity contribution in [2.45, 2.75) is 32.8 Å². The third-order valence-electron chi connectivity index (χ3n) is 5.49. The van der Waals surface area contributed by atoms with Gasteiger partial charge in [-0.1, -0.05) is 67.6 Å². The van der Waals surface area contributed by atoms with Gasteiger partial charge in [-0.2, -0.15) is 0 Å². The Kier molecular flexibility index (Phi) is 7.14. The Labute approximate surface area is 184 Å². The monoisotopic (exact) mass is 415 g/mol. The van der Waals surface area contributed by atoms with Gasteiger partial charge in [0, 0.05) is 12.2 Å². The van der Waals surface area contributed by atoms with E-state index in [2.05, 4.69) is 54.7 Å². The van der Waals surface area contributed by atoms with Crippen molar-refractivity contribution in [1.82, 2.24) is 0 Å². The lowest BCUT2D eigenvalue weighted by Crippen LogP contribution is -2.40. The molecule has 1 unspecified atom stereocenters. The molecule has 0 saturated carbocycles. The average Bonchev–Trinajstić information content (AvgIpc) is 2.80. The van der Waals surface area contributed by atoms with Crippen LogP contribution in [0.4, 0.5) is 5.69 Å². The van der Waals surface area contributed by atoms with E-state index in [-0.39, 0.29) is 0 Å². The predicted octanol–water partition coefficient (Wildman–Crippen LogP) is 6.50. The van der Waals surface area contributed by atoms with Gasteiger partial charge in [0.2, 0.25) is 5.60 Å². The van der Waals surface area contributed by atoms with Crippen LogP contribution in [0.1, 0.15) is 32.8 Å². The number of anilines is 1. The average molecular weight is 416 g/mol. The fourth-order valence-electron chi connectivity index (χ4n) is 3.16. The minimum atomic E-state index is -1.22. The molecule has 160 valence electrons. The number of hydrogen-bond acceptors (Lipinski definition) is 3. The molecule has 0 fully saturated rings. The molecule has 0 aliphatic carbocycles. The van der Waals surface area contributed by atoms with Gasteiger partial charge in [0.05, 0.1) is 0 Å². The molecule has 0 aliphatic heterocycles. The van der Waals surface area contributed by atoms with Crippen molar-refractivity contribution in [3.05, 3.63) is 90.5 Å². The van der Waals surface area contributed by atoms with Gasteiger partial charge in [-0.05, 0) is 66.8 Å². The van der Waals surface area contributed by atoms with E-state index in [0.717, 1.165) is 5.69 Å². The number of carbonyl (C=O) groups is 1. The van der Waals surface area contributed by atoms with Crippen molar-refractivity contribution in [1.29, 1.82) is 0 Å². The molecule has 0 bridgehead atoms. The smallest absolute Gasteiger partial charge is 0.347 e. The van der Waals surface area contributed by atoms with Crippen molar-refractivity contribution in [3.63, 3.8) is 0 Å². The number of aliphatic carboxylic acids is 1. The molecule has 2 N–H and O–H groups in total. The summed E-state index contributed by atoms with van der Waals surface area (Å²) in [4.78, 5) is 11.4. The highest BCUT2D eigenvalue weighted by atomic mass is 16.5. The lowest BCUT2D eigenvalue weighted by atomic mass is 10.0. The van der Waals surface area contributed by atoms with Crippen molar-refractivity contribution >= 4 is 17.2 Å². The van der Waals surface area contributed by atoms with Crippen LogP contribution in [0, 0.1) is 0 Å². The Morgan fingerprint density at radius 3 is 2.16 bits per heavy atom. The maximum absolute atomic E-state index is 11.4. The van der Waals surface area contributed by atoms with E-state index >= 15 is 0 Å². The number of nitrogens with one attached hydrogen (secondary N) is 1. The Morgan fingerprint density at radius 2 is 1.58 bits per heavy atom. The number of ether oxygens (including phenoxy) is 1. The quantitative estimate of drug-likeness (QED) is 0.419. The van der Waals surface area contributed by atoms with E-state index in [1.165, 1.54) is 22.3 Å². The Morgan fingerprint density at radius 1 is 0.968 bits per heavy atom. The van der Waals surface area contributed by atoms with Gasteiger partial charge in [0.15, 0.2) is 0 Å². The maximum Gasteiger partial charge on any atom is 0.347 e. The predicted molar refractivity (Wildman–Crippen MR) is 127 cm³/mol. The van der Waals surface area contributed by atoms with Gasteiger partial charge in [-0.15, -0.1) is 0 Å². The summed E-state index contributed by atoms with van der Waals surface area (Å²) in [5.74, 6) is -0.419. The van der Waals surface area contributed by atoms with Gasteiger partial charge in [-0.25, -0.2) is 4.79 Å². The first-order valence-corrected chi connectivity index (χ1v) is 10.5. The van der Waals surface area contributed by atoms with Gasteiger partial charge < -0.3 is 15.2 Å². The first-order valence-electron chi connectivity index (χ1n) is 10.5. The molecule has 4 nitrogen and oxygen atoms in total. The zero-order chi connectivity index (χ0) is 22.3. The molecule has 1 atom stereocenters. The highest BCUT2D eigenvalue weighted by Gasteiger charge is 2.33. The lowest BCUT2D eigenvalue weighted by molar-refractivity contribution is -0.154. The molecule has 0 spiro atoms. The van der Waals surface area contributed by atoms with Crippen molar-refractivity contribution < 1.29 is 14.6 Å². The van der Waals surface area contributed by atoms with Crippen LogP contribution in [-0.4, -0.2) is 23.2 Å². The zero-order valence-corrected chi connectivity index (χ0v) is 18.3. The van der Waals surface area contributed by atoms with Gasteiger partial charge >= 0.3 is 5.97 Å². The van der Waals surface area contributed by atoms with Gasteiger partial charge in [-0.3, -0.25) is 0 Å². The zero-order valence-electron chi connectivity index (χ0n) is 18.3. The molecule has 3 aromatic carbocycles. The second-order valence-corrected chi connectivity index (χ2v) is 7.73. The van der Waals surface area contributed by atoms with Crippen LogP contribution >= 0.6 is 0 Å². The molecule has 3 aromatic rings. The summed E-state index contributed by atoms with van der Waals surface area (Å²) >= 11 is 0. The molecule has 0 amide bonds. The number of allylic oxidation sites excluding steroid dienone is 1. The Bertz CT molecular complexity index is 1020. The number of rotatable bonds is 9. The lowest BCUT2D eigenvalue weighted by Gasteiger charge is -2.24. The molecule has 3 rings (SSSR count). The third-order valence-corrected chi connectivity index (χ3v) is 5.49. The molecular weight excluding hydrogens is 386 g/mol. The molecule has 0 aromatic heterocycles. The molecule has 0 radical (unpaired) electrons. The fraction of sp³-hybridized carbons (Fsp3) is 0.222. The first-order chi connectivity index (χ1) is 14.9. The number of hydrogen-bond donors (Lipinski definition) is 2. The third kappa shape index (κ3) is 5.76. The minimum Gasteiger partial charge on any atom is -0.478 e. The van der Waals surface area contributed by atoms with Gasteiger partial charge in [0.25, 0.3) is 0 Å². The minimum absolute atomic E-state index is 0.388. The topological polar surface area (TPSA) is 58.6 Å². The molecule has 4 heteroatoms. The maximum atomic E-state index is 11.4. The highest BCUT2D eigenvalue weighted by molar-refractivity contribution is 5.77. The summed E-state index contributed by atoms with van der Waals surface area (Å²) in [5.41, 5.74) is 4.55. The van der Waals surface area contributed by atoms with Crippen molar-refractivity contribution in [2.24, 2.45) is 0 Å². The Hall–Kier alpha value is -3.53. The fourth-order valence-corrected chi connectivity index (χ4v) is 3.16. The van der Waals surface area contributed by atoms with Crippen molar-refractivity contribution in [2.75, 3.05) is 11.9 Å². The first kappa shape index (κ1) is 22.2. The summed E-state index contributed by atoms with van der Waals surface area (Å²) < 4.78 is 5.67. The van der Waals surface area contributed by atoms with E-state index in [1.54, 1.807) is 26.0 Å². The van der Waals surface area contributed by atoms with Crippen LogP contribution in [0.25, 0.3) is 16.7 Å². The van der Waals surface area contributed by atoms with Crippen LogP contribution in [0.3, 0.4) is 0 Å². The molecule has 0 aliphatic rings. The van der Waals surface area contributed by atoms with Gasteiger partial charge in [0.1, 0.15) is 5.75 Å². The SMILES string of the molecule is CCC(C)(Oc1ccc(NC/C=C(/C)c2ccc(-c3ccccc3)cc2)cc1)C(=O)O. The molecular formula is C27H29NO3. The molecule has 31 heavy (non-hydrogen) atoms. The van der Waals surface area contributed by atoms with E-state index in [0.29, 0.717) is 18.7 Å². The van der Waals surface area contributed by atoms with Crippen molar-refractivity contribution in [3.8, 4) is 16.9 Å². The second kappa shape index (κ2) is 9.98. The van der Waals surface area contributed by atoms with Crippen LogP contribution in [0.5, 0.6) is 5.75 Å². The summed E-state index contributed by atoms with van der Waals surface area (Å²) in [6, 6.07) is 26.3. The highest BCUT2D eigenvalue weighted by Crippen LogP contribution is 2.24. The van der Waals surface area contributed by atoms with Crippen LogP contribution in [-0.2, 0) is 4.79 Å². The Balaban J connectivity index is 1.57.